The van der Waals surface area contributed by atoms with Gasteiger partial charge in [-0.15, -0.1) is 0 Å². The molecule has 1 nitrogen and oxygen atoms in total. The molecule has 0 spiro atoms. The molecule has 1 fully saturated rings. The smallest absolute Gasteiger partial charge is 0.141 e. The second-order valence-electron chi connectivity index (χ2n) is 4.93. The monoisotopic (exact) mass is 255 g/mol. The molecule has 3 heteroatoms. The SMILES string of the molecule is CC(NCCC1CCC1)c1ccc(F)c(Cl)c1. The highest BCUT2D eigenvalue weighted by molar-refractivity contribution is 6.30. The van der Waals surface area contributed by atoms with Crippen LogP contribution in [0.2, 0.25) is 5.02 Å². The van der Waals surface area contributed by atoms with E-state index in [2.05, 4.69) is 12.2 Å². The maximum atomic E-state index is 13.0. The lowest BCUT2D eigenvalue weighted by molar-refractivity contribution is 0.288. The molecule has 1 aliphatic rings. The molecule has 0 aliphatic heterocycles. The molecule has 94 valence electrons. The number of benzene rings is 1. The molecule has 1 N–H and O–H groups in total. The summed E-state index contributed by atoms with van der Waals surface area (Å²) in [5, 5.41) is 3.67. The minimum Gasteiger partial charge on any atom is -0.310 e. The third-order valence-electron chi connectivity index (χ3n) is 3.67. The molecule has 2 rings (SSSR count). The number of rotatable bonds is 5. The fourth-order valence-corrected chi connectivity index (χ4v) is 2.37. The molecule has 1 aliphatic carbocycles. The maximum absolute atomic E-state index is 13.0. The summed E-state index contributed by atoms with van der Waals surface area (Å²) >= 11 is 5.77. The van der Waals surface area contributed by atoms with Crippen LogP contribution >= 0.6 is 11.6 Å². The number of hydrogen-bond donors (Lipinski definition) is 1. The Labute approximate surface area is 107 Å². The van der Waals surface area contributed by atoms with Gasteiger partial charge in [-0.2, -0.15) is 0 Å². The lowest BCUT2D eigenvalue weighted by Crippen LogP contribution is -2.24. The van der Waals surface area contributed by atoms with Crippen molar-refractivity contribution in [1.82, 2.24) is 5.32 Å². The quantitative estimate of drug-likeness (QED) is 0.826. The highest BCUT2D eigenvalue weighted by Gasteiger charge is 2.17. The van der Waals surface area contributed by atoms with Gasteiger partial charge in [-0.3, -0.25) is 0 Å². The number of nitrogens with one attached hydrogen (secondary N) is 1. The largest absolute Gasteiger partial charge is 0.310 e. The highest BCUT2D eigenvalue weighted by atomic mass is 35.5. The summed E-state index contributed by atoms with van der Waals surface area (Å²) in [6.45, 7) is 3.12. The van der Waals surface area contributed by atoms with Gasteiger partial charge in [0.05, 0.1) is 5.02 Å². The van der Waals surface area contributed by atoms with E-state index in [0.29, 0.717) is 0 Å². The van der Waals surface area contributed by atoms with Crippen LogP contribution in [0, 0.1) is 11.7 Å². The second-order valence-corrected chi connectivity index (χ2v) is 5.34. The summed E-state index contributed by atoms with van der Waals surface area (Å²) in [6.07, 6.45) is 5.42. The average Bonchev–Trinajstić information content (AvgIpc) is 2.25. The van der Waals surface area contributed by atoms with Gasteiger partial charge in [0.15, 0.2) is 0 Å². The predicted molar refractivity (Wildman–Crippen MR) is 69.8 cm³/mol. The number of hydrogen-bond acceptors (Lipinski definition) is 1. The summed E-state index contributed by atoms with van der Waals surface area (Å²) in [6, 6.07) is 5.16. The van der Waals surface area contributed by atoms with Crippen molar-refractivity contribution < 1.29 is 4.39 Å². The molecule has 1 atom stereocenters. The van der Waals surface area contributed by atoms with Crippen LogP contribution < -0.4 is 5.32 Å². The Morgan fingerprint density at radius 3 is 2.82 bits per heavy atom. The zero-order valence-electron chi connectivity index (χ0n) is 10.2. The average molecular weight is 256 g/mol. The van der Waals surface area contributed by atoms with Crippen molar-refractivity contribution in [3.63, 3.8) is 0 Å². The van der Waals surface area contributed by atoms with Crippen LogP contribution in [0.4, 0.5) is 4.39 Å². The Bertz CT molecular complexity index is 376. The molecule has 0 saturated heterocycles. The first kappa shape index (κ1) is 12.8. The van der Waals surface area contributed by atoms with E-state index in [4.69, 9.17) is 11.6 Å². The van der Waals surface area contributed by atoms with Gasteiger partial charge >= 0.3 is 0 Å². The molecule has 1 aromatic carbocycles. The molecule has 0 radical (unpaired) electrons. The van der Waals surface area contributed by atoms with Gasteiger partial charge < -0.3 is 5.32 Å². The third kappa shape index (κ3) is 3.43. The molecule has 0 heterocycles. The van der Waals surface area contributed by atoms with Crippen LogP contribution in [0.3, 0.4) is 0 Å². The molecule has 17 heavy (non-hydrogen) atoms. The van der Waals surface area contributed by atoms with Crippen molar-refractivity contribution in [2.24, 2.45) is 5.92 Å². The van der Waals surface area contributed by atoms with Crippen molar-refractivity contribution in [3.05, 3.63) is 34.6 Å². The van der Waals surface area contributed by atoms with Crippen LogP contribution in [0.1, 0.15) is 44.2 Å². The summed E-state index contributed by atoms with van der Waals surface area (Å²) in [7, 11) is 0. The van der Waals surface area contributed by atoms with Crippen LogP contribution in [0.15, 0.2) is 18.2 Å². The highest BCUT2D eigenvalue weighted by Crippen LogP contribution is 2.29. The fraction of sp³-hybridized carbons (Fsp3) is 0.571. The first-order valence-corrected chi connectivity index (χ1v) is 6.73. The minimum absolute atomic E-state index is 0.204. The van der Waals surface area contributed by atoms with Gasteiger partial charge in [0.1, 0.15) is 5.82 Å². The van der Waals surface area contributed by atoms with E-state index in [1.165, 1.54) is 31.7 Å². The maximum Gasteiger partial charge on any atom is 0.141 e. The second kappa shape index (κ2) is 5.83. The van der Waals surface area contributed by atoms with Crippen molar-refractivity contribution in [1.29, 1.82) is 0 Å². The van der Waals surface area contributed by atoms with Gasteiger partial charge in [-0.05, 0) is 43.5 Å². The van der Waals surface area contributed by atoms with Gasteiger partial charge in [0.2, 0.25) is 0 Å². The van der Waals surface area contributed by atoms with Crippen molar-refractivity contribution in [2.75, 3.05) is 6.54 Å². The van der Waals surface area contributed by atoms with E-state index in [1.807, 2.05) is 0 Å². The summed E-state index contributed by atoms with van der Waals surface area (Å²) < 4.78 is 13.0. The Morgan fingerprint density at radius 2 is 2.24 bits per heavy atom. The summed E-state index contributed by atoms with van der Waals surface area (Å²) in [5.74, 6) is 0.573. The predicted octanol–water partition coefficient (Wildman–Crippen LogP) is 4.32. The molecular formula is C14H19ClFN. The van der Waals surface area contributed by atoms with Gasteiger partial charge in [0.25, 0.3) is 0 Å². The normalized spacial score (nSPS) is 17.8. The topological polar surface area (TPSA) is 12.0 Å². The molecular weight excluding hydrogens is 237 g/mol. The van der Waals surface area contributed by atoms with E-state index in [0.717, 1.165) is 18.0 Å². The fourth-order valence-electron chi connectivity index (χ4n) is 2.19. The van der Waals surface area contributed by atoms with E-state index in [9.17, 15) is 4.39 Å². The van der Waals surface area contributed by atoms with Crippen LogP contribution in [0.5, 0.6) is 0 Å². The van der Waals surface area contributed by atoms with Crippen molar-refractivity contribution >= 4 is 11.6 Å². The molecule has 1 aromatic rings. The van der Waals surface area contributed by atoms with Crippen LogP contribution in [-0.4, -0.2) is 6.54 Å². The minimum atomic E-state index is -0.350. The van der Waals surface area contributed by atoms with Gasteiger partial charge in [0, 0.05) is 6.04 Å². The van der Waals surface area contributed by atoms with Gasteiger partial charge in [-0.25, -0.2) is 4.39 Å². The summed E-state index contributed by atoms with van der Waals surface area (Å²) in [4.78, 5) is 0. The molecule has 0 aromatic heterocycles. The first-order chi connectivity index (χ1) is 8.16. The Hall–Kier alpha value is -0.600. The van der Waals surface area contributed by atoms with Crippen molar-refractivity contribution in [2.45, 2.75) is 38.6 Å². The molecule has 1 saturated carbocycles. The van der Waals surface area contributed by atoms with E-state index in [-0.39, 0.29) is 16.9 Å². The lowest BCUT2D eigenvalue weighted by atomic mass is 9.83. The van der Waals surface area contributed by atoms with E-state index >= 15 is 0 Å². The van der Waals surface area contributed by atoms with E-state index in [1.54, 1.807) is 12.1 Å². The Kier molecular flexibility index (Phi) is 4.41. The Balaban J connectivity index is 1.81. The lowest BCUT2D eigenvalue weighted by Gasteiger charge is -2.26. The van der Waals surface area contributed by atoms with Crippen LogP contribution in [0.25, 0.3) is 0 Å². The number of halogens is 2. The third-order valence-corrected chi connectivity index (χ3v) is 3.96. The zero-order valence-corrected chi connectivity index (χ0v) is 10.9. The van der Waals surface area contributed by atoms with Crippen LogP contribution in [-0.2, 0) is 0 Å². The summed E-state index contributed by atoms with van der Waals surface area (Å²) in [5.41, 5.74) is 1.05. The molecule has 0 bridgehead atoms. The van der Waals surface area contributed by atoms with Crippen molar-refractivity contribution in [3.8, 4) is 0 Å². The van der Waals surface area contributed by atoms with E-state index < -0.39 is 0 Å². The van der Waals surface area contributed by atoms with Gasteiger partial charge in [-0.1, -0.05) is 36.9 Å². The molecule has 1 unspecified atom stereocenters. The standard InChI is InChI=1S/C14H19ClFN/c1-10(17-8-7-11-3-2-4-11)12-5-6-14(16)13(15)9-12/h5-6,9-11,17H,2-4,7-8H2,1H3. The first-order valence-electron chi connectivity index (χ1n) is 6.35. The Morgan fingerprint density at radius 1 is 1.47 bits per heavy atom. The molecule has 0 amide bonds. The zero-order chi connectivity index (χ0) is 12.3.